The first-order chi connectivity index (χ1) is 14.9. The molecule has 1 amide bonds. The van der Waals surface area contributed by atoms with Gasteiger partial charge in [-0.2, -0.15) is 0 Å². The zero-order valence-electron chi connectivity index (χ0n) is 16.2. The van der Waals surface area contributed by atoms with Gasteiger partial charge in [0.25, 0.3) is 11.8 Å². The zero-order chi connectivity index (χ0) is 21.6. The summed E-state index contributed by atoms with van der Waals surface area (Å²) in [6, 6.07) is 15.2. The second-order valence-electron chi connectivity index (χ2n) is 7.41. The molecule has 9 heteroatoms. The predicted octanol–water partition coefficient (Wildman–Crippen LogP) is 3.60. The van der Waals surface area contributed by atoms with E-state index in [2.05, 4.69) is 9.97 Å². The monoisotopic (exact) mass is 425 g/mol. The van der Waals surface area contributed by atoms with Crippen LogP contribution in [-0.2, 0) is 0 Å². The molecule has 31 heavy (non-hydrogen) atoms. The number of hydrogen-bond acceptors (Lipinski definition) is 5. The average molecular weight is 425 g/mol. The minimum Gasteiger partial charge on any atom is -0.466 e. The summed E-state index contributed by atoms with van der Waals surface area (Å²) in [6.45, 7) is -0.479. The van der Waals surface area contributed by atoms with E-state index in [1.54, 1.807) is 30.3 Å². The molecule has 1 aliphatic heterocycles. The van der Waals surface area contributed by atoms with Crippen molar-refractivity contribution in [3.05, 3.63) is 70.7 Å². The fourth-order valence-corrected chi connectivity index (χ4v) is 3.75. The first kappa shape index (κ1) is 19.2. The number of H-pyrrole nitrogens is 1. The average Bonchev–Trinajstić information content (AvgIpc) is 3.15. The highest BCUT2D eigenvalue weighted by atomic mass is 19.3. The Balaban J connectivity index is 1.41. The molecule has 1 fully saturated rings. The minimum absolute atomic E-state index is 0.0661. The normalized spacial score (nSPS) is 18.4. The molecule has 0 saturated carbocycles. The summed E-state index contributed by atoms with van der Waals surface area (Å²) in [5, 5.41) is 0.864. The van der Waals surface area contributed by atoms with Gasteiger partial charge in [-0.05, 0) is 24.3 Å². The van der Waals surface area contributed by atoms with Crippen LogP contribution in [0.3, 0.4) is 0 Å². The summed E-state index contributed by atoms with van der Waals surface area (Å²) in [5.41, 5.74) is 1.22. The van der Waals surface area contributed by atoms with Crippen molar-refractivity contribution in [3.63, 3.8) is 0 Å². The van der Waals surface area contributed by atoms with Gasteiger partial charge in [0.15, 0.2) is 11.7 Å². The van der Waals surface area contributed by atoms with Crippen molar-refractivity contribution in [3.8, 4) is 5.88 Å². The Kier molecular flexibility index (Phi) is 4.46. The first-order valence-electron chi connectivity index (χ1n) is 9.72. The van der Waals surface area contributed by atoms with Gasteiger partial charge in [-0.15, -0.1) is 0 Å². The number of alkyl halides is 2. The Morgan fingerprint density at radius 2 is 2.00 bits per heavy atom. The fraction of sp³-hybridized carbons (Fsp3) is 0.227. The number of hydrogen-bond donors (Lipinski definition) is 1. The number of rotatable bonds is 3. The molecule has 1 saturated heterocycles. The Morgan fingerprint density at radius 3 is 2.87 bits per heavy atom. The fourth-order valence-electron chi connectivity index (χ4n) is 3.75. The third-order valence-electron chi connectivity index (χ3n) is 5.37. The van der Waals surface area contributed by atoms with Crippen LogP contribution in [0.1, 0.15) is 16.8 Å². The lowest BCUT2D eigenvalue weighted by Crippen LogP contribution is -2.55. The van der Waals surface area contributed by atoms with E-state index in [4.69, 9.17) is 9.15 Å². The summed E-state index contributed by atoms with van der Waals surface area (Å²) in [4.78, 5) is 32.6. The number of carbonyl (C=O) groups excluding carboxylic acids is 1. The van der Waals surface area contributed by atoms with Crippen LogP contribution < -0.4 is 10.5 Å². The summed E-state index contributed by atoms with van der Waals surface area (Å²) < 4.78 is 39.8. The molecule has 1 N–H and O–H groups in total. The van der Waals surface area contributed by atoms with E-state index < -0.39 is 30.1 Å². The van der Waals surface area contributed by atoms with Crippen molar-refractivity contribution in [2.45, 2.75) is 18.4 Å². The number of nitrogens with one attached hydrogen (secondary N) is 1. The van der Waals surface area contributed by atoms with Gasteiger partial charge in [-0.1, -0.05) is 24.3 Å². The van der Waals surface area contributed by atoms with Gasteiger partial charge in [0.2, 0.25) is 5.88 Å². The van der Waals surface area contributed by atoms with E-state index in [1.807, 2.05) is 12.1 Å². The Morgan fingerprint density at radius 1 is 1.16 bits per heavy atom. The van der Waals surface area contributed by atoms with Crippen LogP contribution in [-0.4, -0.2) is 45.9 Å². The van der Waals surface area contributed by atoms with Crippen LogP contribution in [0.2, 0.25) is 0 Å². The number of carbonyl (C=O) groups is 1. The second kappa shape index (κ2) is 7.19. The molecule has 0 bridgehead atoms. The number of amides is 1. The number of aromatic amines is 1. The number of pyridine rings is 1. The summed E-state index contributed by atoms with van der Waals surface area (Å²) >= 11 is 0. The summed E-state index contributed by atoms with van der Waals surface area (Å²) in [6.07, 6.45) is -2.11. The molecule has 3 heterocycles. The Bertz CT molecular complexity index is 1350. The lowest BCUT2D eigenvalue weighted by atomic mass is 10.0. The maximum atomic E-state index is 14.6. The standard InChI is InChI=1S/C22H17F2N3O4/c23-22(24)10-11-27(20(28)14-5-3-7-16-19(14)31-21(29)26-16)12-17(22)30-18-9-8-13-4-1-2-6-15(13)25-18/h1-9,17H,10-12H2,(H,26,29)/t17-/m0/s1. The third kappa shape index (κ3) is 3.52. The maximum absolute atomic E-state index is 14.6. The van der Waals surface area contributed by atoms with Gasteiger partial charge in [-0.3, -0.25) is 9.78 Å². The van der Waals surface area contributed by atoms with E-state index in [0.29, 0.717) is 11.0 Å². The van der Waals surface area contributed by atoms with Crippen molar-refractivity contribution in [2.75, 3.05) is 13.1 Å². The highest BCUT2D eigenvalue weighted by Gasteiger charge is 2.47. The van der Waals surface area contributed by atoms with E-state index in [-0.39, 0.29) is 30.1 Å². The molecule has 1 atom stereocenters. The van der Waals surface area contributed by atoms with Crippen LogP contribution in [0.25, 0.3) is 22.0 Å². The van der Waals surface area contributed by atoms with E-state index in [9.17, 15) is 18.4 Å². The van der Waals surface area contributed by atoms with E-state index in [1.165, 1.54) is 17.0 Å². The largest absolute Gasteiger partial charge is 0.466 e. The molecule has 0 unspecified atom stereocenters. The first-order valence-corrected chi connectivity index (χ1v) is 9.72. The van der Waals surface area contributed by atoms with Crippen molar-refractivity contribution < 1.29 is 22.7 Å². The number of ether oxygens (including phenoxy) is 1. The molecule has 0 aliphatic carbocycles. The Hall–Kier alpha value is -3.75. The van der Waals surface area contributed by atoms with E-state index >= 15 is 0 Å². The van der Waals surface area contributed by atoms with Gasteiger partial charge >= 0.3 is 5.76 Å². The molecule has 7 nitrogen and oxygen atoms in total. The van der Waals surface area contributed by atoms with Gasteiger partial charge in [-0.25, -0.2) is 18.6 Å². The van der Waals surface area contributed by atoms with Gasteiger partial charge in [0.1, 0.15) is 0 Å². The highest BCUT2D eigenvalue weighted by Crippen LogP contribution is 2.33. The van der Waals surface area contributed by atoms with Crippen molar-refractivity contribution in [1.82, 2.24) is 14.9 Å². The molecule has 2 aromatic heterocycles. The van der Waals surface area contributed by atoms with Crippen LogP contribution in [0.15, 0.2) is 63.8 Å². The molecule has 1 aliphatic rings. The molecule has 158 valence electrons. The number of likely N-dealkylation sites (tertiary alicyclic amines) is 1. The minimum atomic E-state index is -3.13. The van der Waals surface area contributed by atoms with Crippen molar-refractivity contribution >= 4 is 27.9 Å². The predicted molar refractivity (Wildman–Crippen MR) is 108 cm³/mol. The number of para-hydroxylation sites is 2. The lowest BCUT2D eigenvalue weighted by Gasteiger charge is -2.37. The molecule has 2 aromatic carbocycles. The second-order valence-corrected chi connectivity index (χ2v) is 7.41. The van der Waals surface area contributed by atoms with Gasteiger partial charge < -0.3 is 14.1 Å². The molecule has 0 radical (unpaired) electrons. The summed E-state index contributed by atoms with van der Waals surface area (Å²) in [7, 11) is 0. The third-order valence-corrected chi connectivity index (χ3v) is 5.37. The number of piperidine rings is 1. The number of oxazole rings is 1. The lowest BCUT2D eigenvalue weighted by molar-refractivity contribution is -0.131. The van der Waals surface area contributed by atoms with Gasteiger partial charge in [0.05, 0.1) is 23.1 Å². The van der Waals surface area contributed by atoms with E-state index in [0.717, 1.165) is 5.39 Å². The van der Waals surface area contributed by atoms with Crippen molar-refractivity contribution in [1.29, 1.82) is 0 Å². The van der Waals surface area contributed by atoms with Gasteiger partial charge in [0, 0.05) is 24.4 Å². The topological polar surface area (TPSA) is 88.4 Å². The molecule has 4 aromatic rings. The molecule has 0 spiro atoms. The SMILES string of the molecule is O=C(c1cccc2[nH]c(=O)oc12)N1CCC(F)(F)[C@@H](Oc2ccc3ccccc3n2)C1. The maximum Gasteiger partial charge on any atom is 0.417 e. The molecular weight excluding hydrogens is 408 g/mol. The number of halogens is 2. The number of fused-ring (bicyclic) bond motifs is 2. The van der Waals surface area contributed by atoms with Crippen LogP contribution in [0.4, 0.5) is 8.78 Å². The number of benzene rings is 2. The van der Waals surface area contributed by atoms with Crippen LogP contribution in [0.5, 0.6) is 5.88 Å². The Labute approximate surface area is 174 Å². The number of nitrogens with zero attached hydrogens (tertiary/aromatic N) is 2. The molecule has 5 rings (SSSR count). The van der Waals surface area contributed by atoms with Crippen LogP contribution >= 0.6 is 0 Å². The van der Waals surface area contributed by atoms with Crippen molar-refractivity contribution in [2.24, 2.45) is 0 Å². The highest BCUT2D eigenvalue weighted by molar-refractivity contribution is 6.04. The summed E-state index contributed by atoms with van der Waals surface area (Å²) in [5.74, 6) is -4.26. The molecular formula is C22H17F2N3O4. The number of aromatic nitrogens is 2. The quantitative estimate of drug-likeness (QED) is 0.542. The smallest absolute Gasteiger partial charge is 0.417 e. The zero-order valence-corrected chi connectivity index (χ0v) is 16.2. The van der Waals surface area contributed by atoms with Crippen LogP contribution in [0, 0.1) is 0 Å².